The van der Waals surface area contributed by atoms with E-state index in [-0.39, 0.29) is 11.4 Å². The summed E-state index contributed by atoms with van der Waals surface area (Å²) in [6.07, 6.45) is 0. The van der Waals surface area contributed by atoms with Gasteiger partial charge in [0.25, 0.3) is 5.56 Å². The van der Waals surface area contributed by atoms with Gasteiger partial charge in [-0.05, 0) is 11.6 Å². The fraction of sp³-hybridized carbons (Fsp3) is 0.0588. The minimum absolute atomic E-state index is 0.278. The van der Waals surface area contributed by atoms with Crippen LogP contribution >= 0.6 is 15.9 Å². The summed E-state index contributed by atoms with van der Waals surface area (Å²) in [5.41, 5.74) is 1.46. The van der Waals surface area contributed by atoms with Crippen LogP contribution in [0.15, 0.2) is 69.9 Å². The summed E-state index contributed by atoms with van der Waals surface area (Å²) in [5, 5.41) is 9.70. The molecule has 0 aliphatic carbocycles. The van der Waals surface area contributed by atoms with Crippen LogP contribution in [0.25, 0.3) is 11.4 Å². The number of aromatic hydroxyl groups is 1. The highest BCUT2D eigenvalue weighted by Gasteiger charge is 2.13. The lowest BCUT2D eigenvalue weighted by Gasteiger charge is -2.13. The van der Waals surface area contributed by atoms with E-state index in [1.165, 1.54) is 0 Å². The topological polar surface area (TPSA) is 55.1 Å². The van der Waals surface area contributed by atoms with E-state index >= 15 is 0 Å². The molecular formula is C17H13BrN2O2. The van der Waals surface area contributed by atoms with Crippen molar-refractivity contribution in [3.8, 4) is 17.3 Å². The normalized spacial score (nSPS) is 10.6. The Morgan fingerprint density at radius 1 is 1.05 bits per heavy atom. The number of hydrogen-bond donors (Lipinski definition) is 1. The van der Waals surface area contributed by atoms with E-state index in [0.29, 0.717) is 12.4 Å². The Balaban J connectivity index is 2.17. The van der Waals surface area contributed by atoms with E-state index < -0.39 is 0 Å². The summed E-state index contributed by atoms with van der Waals surface area (Å²) in [6.45, 7) is 0.392. The highest BCUT2D eigenvalue weighted by atomic mass is 79.9. The first-order chi connectivity index (χ1) is 10.6. The number of rotatable bonds is 3. The van der Waals surface area contributed by atoms with E-state index in [4.69, 9.17) is 0 Å². The molecule has 0 unspecified atom stereocenters. The highest BCUT2D eigenvalue weighted by Crippen LogP contribution is 2.27. The Labute approximate surface area is 135 Å². The number of aromatic nitrogens is 2. The molecule has 0 aliphatic rings. The fourth-order valence-electron chi connectivity index (χ4n) is 2.26. The van der Waals surface area contributed by atoms with Crippen LogP contribution in [-0.2, 0) is 6.54 Å². The van der Waals surface area contributed by atoms with Crippen LogP contribution in [0.5, 0.6) is 5.88 Å². The van der Waals surface area contributed by atoms with Crippen molar-refractivity contribution >= 4 is 15.9 Å². The third-order valence-corrected chi connectivity index (χ3v) is 3.98. The van der Waals surface area contributed by atoms with Crippen LogP contribution in [0.2, 0.25) is 0 Å². The Morgan fingerprint density at radius 3 is 2.45 bits per heavy atom. The molecule has 0 bridgehead atoms. The zero-order chi connectivity index (χ0) is 15.5. The Kier molecular flexibility index (Phi) is 4.06. The summed E-state index contributed by atoms with van der Waals surface area (Å²) in [6, 6.07) is 18.3. The number of benzene rings is 2. The summed E-state index contributed by atoms with van der Waals surface area (Å²) in [5.74, 6) is 0.154. The van der Waals surface area contributed by atoms with Crippen LogP contribution in [0, 0.1) is 0 Å². The second-order valence-corrected chi connectivity index (χ2v) is 5.68. The second kappa shape index (κ2) is 6.15. The van der Waals surface area contributed by atoms with Crippen molar-refractivity contribution in [1.29, 1.82) is 0 Å². The molecule has 0 fully saturated rings. The van der Waals surface area contributed by atoms with Gasteiger partial charge in [-0.2, -0.15) is 4.98 Å². The van der Waals surface area contributed by atoms with E-state index in [0.717, 1.165) is 21.7 Å². The van der Waals surface area contributed by atoms with Gasteiger partial charge in [-0.25, -0.2) is 0 Å². The predicted molar refractivity (Wildman–Crippen MR) is 88.8 cm³/mol. The van der Waals surface area contributed by atoms with Gasteiger partial charge in [0.05, 0.1) is 12.6 Å². The van der Waals surface area contributed by atoms with Gasteiger partial charge >= 0.3 is 0 Å². The average molecular weight is 357 g/mol. The minimum Gasteiger partial charge on any atom is -0.493 e. The third-order valence-electron chi connectivity index (χ3n) is 3.29. The molecule has 2 aromatic carbocycles. The lowest BCUT2D eigenvalue weighted by molar-refractivity contribution is 0.448. The molecule has 1 aromatic heterocycles. The monoisotopic (exact) mass is 356 g/mol. The smallest absolute Gasteiger partial charge is 0.257 e. The fourth-order valence-corrected chi connectivity index (χ4v) is 2.72. The van der Waals surface area contributed by atoms with Crippen molar-refractivity contribution < 1.29 is 5.11 Å². The SMILES string of the molecule is O=c1cc(O)nc(-c2ccccc2Br)n1Cc1ccccc1. The van der Waals surface area contributed by atoms with Crippen LogP contribution in [0.3, 0.4) is 0 Å². The molecule has 3 aromatic rings. The largest absolute Gasteiger partial charge is 0.493 e. The molecule has 0 saturated heterocycles. The summed E-state index contributed by atoms with van der Waals surface area (Å²) in [7, 11) is 0. The molecule has 1 heterocycles. The molecule has 0 atom stereocenters. The van der Waals surface area contributed by atoms with E-state index in [2.05, 4.69) is 20.9 Å². The summed E-state index contributed by atoms with van der Waals surface area (Å²) >= 11 is 3.46. The van der Waals surface area contributed by atoms with Crippen LogP contribution in [-0.4, -0.2) is 14.7 Å². The van der Waals surface area contributed by atoms with E-state index in [1.807, 2.05) is 54.6 Å². The first kappa shape index (κ1) is 14.5. The van der Waals surface area contributed by atoms with Crippen LogP contribution in [0.4, 0.5) is 0 Å². The Hall–Kier alpha value is -2.40. The molecular weight excluding hydrogens is 344 g/mol. The first-order valence-corrected chi connectivity index (χ1v) is 7.54. The Morgan fingerprint density at radius 2 is 1.73 bits per heavy atom. The third kappa shape index (κ3) is 2.94. The zero-order valence-electron chi connectivity index (χ0n) is 11.6. The molecule has 1 N–H and O–H groups in total. The zero-order valence-corrected chi connectivity index (χ0v) is 13.2. The molecule has 5 heteroatoms. The van der Waals surface area contributed by atoms with Crippen molar-refractivity contribution in [3.63, 3.8) is 0 Å². The minimum atomic E-state index is -0.290. The van der Waals surface area contributed by atoms with Crippen molar-refractivity contribution in [2.24, 2.45) is 0 Å². The molecule has 110 valence electrons. The average Bonchev–Trinajstić information content (AvgIpc) is 2.51. The van der Waals surface area contributed by atoms with E-state index in [9.17, 15) is 9.90 Å². The maximum absolute atomic E-state index is 12.3. The highest BCUT2D eigenvalue weighted by molar-refractivity contribution is 9.10. The van der Waals surface area contributed by atoms with Gasteiger partial charge in [-0.3, -0.25) is 9.36 Å². The quantitative estimate of drug-likeness (QED) is 0.782. The maximum Gasteiger partial charge on any atom is 0.257 e. The standard InChI is InChI=1S/C17H13BrN2O2/c18-14-9-5-4-8-13(14)17-19-15(21)10-16(22)20(17)11-12-6-2-1-3-7-12/h1-10,21H,11H2. The molecule has 0 aliphatic heterocycles. The lowest BCUT2D eigenvalue weighted by Crippen LogP contribution is -2.22. The predicted octanol–water partition coefficient (Wildman–Crippen LogP) is 3.43. The van der Waals surface area contributed by atoms with Gasteiger partial charge in [-0.1, -0.05) is 64.5 Å². The summed E-state index contributed by atoms with van der Waals surface area (Å²) < 4.78 is 2.36. The van der Waals surface area contributed by atoms with Crippen molar-refractivity contribution in [2.45, 2.75) is 6.54 Å². The van der Waals surface area contributed by atoms with Gasteiger partial charge < -0.3 is 5.11 Å². The van der Waals surface area contributed by atoms with Gasteiger partial charge in [0.15, 0.2) is 0 Å². The van der Waals surface area contributed by atoms with Crippen LogP contribution < -0.4 is 5.56 Å². The summed E-state index contributed by atoms with van der Waals surface area (Å²) in [4.78, 5) is 16.4. The molecule has 3 rings (SSSR count). The molecule has 0 saturated carbocycles. The van der Waals surface area contributed by atoms with Crippen molar-refractivity contribution in [1.82, 2.24) is 9.55 Å². The van der Waals surface area contributed by atoms with Gasteiger partial charge in [0, 0.05) is 10.0 Å². The van der Waals surface area contributed by atoms with Gasteiger partial charge in [0.1, 0.15) is 5.82 Å². The maximum atomic E-state index is 12.3. The lowest BCUT2D eigenvalue weighted by atomic mass is 10.2. The molecule has 0 spiro atoms. The van der Waals surface area contributed by atoms with Crippen molar-refractivity contribution in [3.05, 3.63) is 81.1 Å². The molecule has 0 radical (unpaired) electrons. The molecule has 0 amide bonds. The van der Waals surface area contributed by atoms with E-state index in [1.54, 1.807) is 4.57 Å². The number of hydrogen-bond acceptors (Lipinski definition) is 3. The number of halogens is 1. The number of nitrogens with zero attached hydrogens (tertiary/aromatic N) is 2. The molecule has 4 nitrogen and oxygen atoms in total. The molecule has 22 heavy (non-hydrogen) atoms. The van der Waals surface area contributed by atoms with Crippen molar-refractivity contribution in [2.75, 3.05) is 0 Å². The van der Waals surface area contributed by atoms with Crippen LogP contribution in [0.1, 0.15) is 5.56 Å². The Bertz CT molecular complexity index is 860. The van der Waals surface area contributed by atoms with Gasteiger partial charge in [-0.15, -0.1) is 0 Å². The first-order valence-electron chi connectivity index (χ1n) is 6.75. The van der Waals surface area contributed by atoms with Gasteiger partial charge in [0.2, 0.25) is 5.88 Å². The second-order valence-electron chi connectivity index (χ2n) is 4.83.